The number of methoxy groups -OCH3 is 1. The van der Waals surface area contributed by atoms with Crippen molar-refractivity contribution in [3.63, 3.8) is 0 Å². The van der Waals surface area contributed by atoms with Gasteiger partial charge in [0.1, 0.15) is 5.75 Å². The second-order valence-electron chi connectivity index (χ2n) is 7.22. The Hall–Kier alpha value is -3.40. The molecule has 3 rings (SSSR count). The first-order valence-corrected chi connectivity index (χ1v) is 11.7. The Morgan fingerprint density at radius 3 is 2.44 bits per heavy atom. The average molecular weight is 460 g/mol. The van der Waals surface area contributed by atoms with Gasteiger partial charge in [0, 0.05) is 19.4 Å². The highest BCUT2D eigenvalue weighted by Gasteiger charge is 2.33. The van der Waals surface area contributed by atoms with Gasteiger partial charge in [-0.15, -0.1) is 0 Å². The van der Waals surface area contributed by atoms with E-state index in [1.54, 1.807) is 12.1 Å². The van der Waals surface area contributed by atoms with E-state index < -0.39 is 21.8 Å². The van der Waals surface area contributed by atoms with Crippen LogP contribution < -0.4 is 19.7 Å². The molecule has 1 heterocycles. The van der Waals surface area contributed by atoms with Crippen LogP contribution in [0.3, 0.4) is 0 Å². The molecule has 32 heavy (non-hydrogen) atoms. The monoisotopic (exact) mass is 459 g/mol. The molecule has 0 aliphatic carbocycles. The van der Waals surface area contributed by atoms with Crippen LogP contribution in [0.25, 0.3) is 0 Å². The Kier molecular flexibility index (Phi) is 7.14. The summed E-state index contributed by atoms with van der Waals surface area (Å²) in [6.07, 6.45) is 1.83. The summed E-state index contributed by atoms with van der Waals surface area (Å²) in [5.74, 6) is -1.04. The molecular weight excluding hydrogens is 434 g/mol. The third kappa shape index (κ3) is 4.91. The molecule has 0 saturated carbocycles. The van der Waals surface area contributed by atoms with Gasteiger partial charge in [-0.1, -0.05) is 25.5 Å². The number of carbonyl (C=O) groups is 3. The van der Waals surface area contributed by atoms with Gasteiger partial charge in [0.2, 0.25) is 11.8 Å². The molecule has 170 valence electrons. The molecule has 10 heteroatoms. The summed E-state index contributed by atoms with van der Waals surface area (Å²) in [6, 6.07) is 10.2. The quantitative estimate of drug-likeness (QED) is 0.439. The third-order valence-electron chi connectivity index (χ3n) is 4.98. The molecule has 2 aromatic carbocycles. The number of imide groups is 1. The number of anilines is 2. The Balaban J connectivity index is 1.93. The fraction of sp³-hybridized carbons (Fsp3) is 0.318. The second-order valence-corrected chi connectivity index (χ2v) is 8.90. The first-order chi connectivity index (χ1) is 15.3. The number of carbonyl (C=O) groups excluding carboxylic acids is 3. The van der Waals surface area contributed by atoms with E-state index in [0.717, 1.165) is 17.7 Å². The zero-order chi connectivity index (χ0) is 23.3. The fourth-order valence-corrected chi connectivity index (χ4v) is 4.40. The van der Waals surface area contributed by atoms with Gasteiger partial charge in [0.25, 0.3) is 15.9 Å². The molecule has 0 spiro atoms. The van der Waals surface area contributed by atoms with Crippen molar-refractivity contribution in [1.29, 1.82) is 0 Å². The zero-order valence-corrected chi connectivity index (χ0v) is 18.7. The molecule has 0 bridgehead atoms. The van der Waals surface area contributed by atoms with Crippen LogP contribution in [0.5, 0.6) is 5.75 Å². The van der Waals surface area contributed by atoms with Gasteiger partial charge in [-0.05, 0) is 36.8 Å². The van der Waals surface area contributed by atoms with Gasteiger partial charge in [-0.2, -0.15) is 0 Å². The van der Waals surface area contributed by atoms with Crippen LogP contribution in [0.4, 0.5) is 11.4 Å². The van der Waals surface area contributed by atoms with E-state index in [0.29, 0.717) is 6.54 Å². The summed E-state index contributed by atoms with van der Waals surface area (Å²) >= 11 is 0. The molecule has 2 N–H and O–H groups in total. The van der Waals surface area contributed by atoms with E-state index in [2.05, 4.69) is 10.0 Å². The minimum absolute atomic E-state index is 0.0533. The largest absolute Gasteiger partial charge is 0.495 e. The summed E-state index contributed by atoms with van der Waals surface area (Å²) in [5, 5.41) is 2.76. The van der Waals surface area contributed by atoms with Crippen molar-refractivity contribution in [2.45, 2.75) is 37.5 Å². The SMILES string of the molecule is CCCCNC(=O)c1ccccc1NS(=O)(=O)c1ccc(OC)c(N2C(=O)CCC2=O)c1. The number of unbranched alkanes of at least 4 members (excludes halogenated alkanes) is 1. The highest BCUT2D eigenvalue weighted by molar-refractivity contribution is 7.92. The number of benzene rings is 2. The summed E-state index contributed by atoms with van der Waals surface area (Å²) < 4.78 is 33.8. The van der Waals surface area contributed by atoms with Gasteiger partial charge >= 0.3 is 0 Å². The Morgan fingerprint density at radius 2 is 1.78 bits per heavy atom. The number of nitrogens with zero attached hydrogens (tertiary/aromatic N) is 1. The molecule has 3 amide bonds. The van der Waals surface area contributed by atoms with E-state index >= 15 is 0 Å². The van der Waals surface area contributed by atoms with Crippen LogP contribution >= 0.6 is 0 Å². The maximum Gasteiger partial charge on any atom is 0.261 e. The molecular formula is C22H25N3O6S. The lowest BCUT2D eigenvalue weighted by atomic mass is 10.1. The van der Waals surface area contributed by atoms with Crippen molar-refractivity contribution in [3.05, 3.63) is 48.0 Å². The van der Waals surface area contributed by atoms with E-state index in [-0.39, 0.29) is 46.3 Å². The van der Waals surface area contributed by atoms with Gasteiger partial charge in [0.05, 0.1) is 28.9 Å². The molecule has 1 fully saturated rings. The predicted octanol–water partition coefficient (Wildman–Crippen LogP) is 2.68. The van der Waals surface area contributed by atoms with Crippen LogP contribution in [0.2, 0.25) is 0 Å². The number of nitrogens with one attached hydrogen (secondary N) is 2. The molecule has 0 aromatic heterocycles. The topological polar surface area (TPSA) is 122 Å². The Labute approximate surface area is 186 Å². The first-order valence-electron chi connectivity index (χ1n) is 10.2. The highest BCUT2D eigenvalue weighted by Crippen LogP contribution is 2.34. The molecule has 2 aromatic rings. The minimum Gasteiger partial charge on any atom is -0.495 e. The number of sulfonamides is 1. The highest BCUT2D eigenvalue weighted by atomic mass is 32.2. The van der Waals surface area contributed by atoms with Crippen molar-refractivity contribution < 1.29 is 27.5 Å². The summed E-state index contributed by atoms with van der Waals surface area (Å²) in [7, 11) is -2.78. The molecule has 0 unspecified atom stereocenters. The summed E-state index contributed by atoms with van der Waals surface area (Å²) in [6.45, 7) is 2.48. The van der Waals surface area contributed by atoms with Crippen LogP contribution in [0.1, 0.15) is 43.0 Å². The number of rotatable bonds is 9. The lowest BCUT2D eigenvalue weighted by Gasteiger charge is -2.19. The molecule has 1 saturated heterocycles. The summed E-state index contributed by atoms with van der Waals surface area (Å²) in [4.78, 5) is 37.6. The zero-order valence-electron chi connectivity index (χ0n) is 17.9. The average Bonchev–Trinajstić information content (AvgIpc) is 3.11. The normalized spacial score (nSPS) is 13.9. The van der Waals surface area contributed by atoms with E-state index in [9.17, 15) is 22.8 Å². The summed E-state index contributed by atoms with van der Waals surface area (Å²) in [5.41, 5.74) is 0.367. The maximum absolute atomic E-state index is 13.1. The smallest absolute Gasteiger partial charge is 0.261 e. The van der Waals surface area contributed by atoms with Crippen molar-refractivity contribution in [2.24, 2.45) is 0 Å². The third-order valence-corrected chi connectivity index (χ3v) is 6.35. The van der Waals surface area contributed by atoms with Crippen LogP contribution in [0, 0.1) is 0 Å². The molecule has 9 nitrogen and oxygen atoms in total. The predicted molar refractivity (Wildman–Crippen MR) is 119 cm³/mol. The lowest BCUT2D eigenvalue weighted by molar-refractivity contribution is -0.121. The maximum atomic E-state index is 13.1. The van der Waals surface area contributed by atoms with Crippen LogP contribution in [-0.2, 0) is 19.6 Å². The minimum atomic E-state index is -4.14. The van der Waals surface area contributed by atoms with Gasteiger partial charge < -0.3 is 10.1 Å². The molecule has 0 atom stereocenters. The van der Waals surface area contributed by atoms with Crippen LogP contribution in [0.15, 0.2) is 47.4 Å². The van der Waals surface area contributed by atoms with E-state index in [1.165, 1.54) is 37.4 Å². The molecule has 1 aliphatic heterocycles. The van der Waals surface area contributed by atoms with Gasteiger partial charge in [-0.25, -0.2) is 13.3 Å². The number of ether oxygens (including phenoxy) is 1. The fourth-order valence-electron chi connectivity index (χ4n) is 3.30. The number of amides is 3. The molecule has 0 radical (unpaired) electrons. The van der Waals surface area contributed by atoms with Crippen LogP contribution in [-0.4, -0.2) is 39.8 Å². The van der Waals surface area contributed by atoms with Gasteiger partial charge in [0.15, 0.2) is 0 Å². The Bertz CT molecular complexity index is 1130. The van der Waals surface area contributed by atoms with Crippen molar-refractivity contribution in [3.8, 4) is 5.75 Å². The Morgan fingerprint density at radius 1 is 1.09 bits per heavy atom. The first kappa shape index (κ1) is 23.3. The van der Waals surface area contributed by atoms with Crippen molar-refractivity contribution in [1.82, 2.24) is 5.32 Å². The number of hydrogen-bond donors (Lipinski definition) is 2. The number of hydrogen-bond acceptors (Lipinski definition) is 6. The standard InChI is InChI=1S/C22H25N3O6S/c1-3-4-13-23-22(28)16-7-5-6-8-17(16)24-32(29,30)15-9-10-19(31-2)18(14-15)25-20(26)11-12-21(25)27/h5-10,14,24H,3-4,11-13H2,1-2H3,(H,23,28). The lowest BCUT2D eigenvalue weighted by Crippen LogP contribution is -2.29. The van der Waals surface area contributed by atoms with Crippen molar-refractivity contribution >= 4 is 39.1 Å². The van der Waals surface area contributed by atoms with E-state index in [1.807, 2.05) is 6.92 Å². The van der Waals surface area contributed by atoms with Gasteiger partial charge in [-0.3, -0.25) is 19.1 Å². The molecule has 1 aliphatic rings. The second kappa shape index (κ2) is 9.82. The van der Waals surface area contributed by atoms with E-state index in [4.69, 9.17) is 4.74 Å². The van der Waals surface area contributed by atoms with Crippen molar-refractivity contribution in [2.75, 3.05) is 23.3 Å². The number of para-hydroxylation sites is 1.